The first-order valence-electron chi connectivity index (χ1n) is 7.73. The van der Waals surface area contributed by atoms with Gasteiger partial charge in [0.2, 0.25) is 0 Å². The number of benzene rings is 2. The number of ether oxygens (including phenoxy) is 1. The number of aromatic amines is 1. The van der Waals surface area contributed by atoms with Crippen molar-refractivity contribution in [2.75, 3.05) is 6.54 Å². The van der Waals surface area contributed by atoms with Gasteiger partial charge in [-0.2, -0.15) is 0 Å². The van der Waals surface area contributed by atoms with Gasteiger partial charge in [-0.25, -0.2) is 0 Å². The highest BCUT2D eigenvalue weighted by atomic mass is 16.5. The second-order valence-electron chi connectivity index (χ2n) is 5.41. The van der Waals surface area contributed by atoms with Crippen LogP contribution in [0.2, 0.25) is 0 Å². The molecule has 0 radical (unpaired) electrons. The van der Waals surface area contributed by atoms with E-state index in [0.29, 0.717) is 5.39 Å². The van der Waals surface area contributed by atoms with Gasteiger partial charge in [0.05, 0.1) is 5.56 Å². The predicted octanol–water partition coefficient (Wildman–Crippen LogP) is 2.21. The number of H-pyrrole nitrogens is 1. The molecular formula is C19H16N2O4. The summed E-state index contributed by atoms with van der Waals surface area (Å²) in [6.07, 6.45) is 1.49. The number of esters is 1. The Labute approximate surface area is 143 Å². The Hall–Kier alpha value is -3.41. The highest BCUT2D eigenvalue weighted by molar-refractivity contribution is 6.45. The number of nitrogens with one attached hydrogen (secondary N) is 2. The second kappa shape index (κ2) is 7.44. The number of aromatic nitrogens is 1. The molecule has 0 unspecified atom stereocenters. The maximum absolute atomic E-state index is 12.2. The lowest BCUT2D eigenvalue weighted by molar-refractivity contribution is -0.144. The standard InChI is InChI=1S/C19H16N2O4/c22-17(25-12-13-6-2-1-3-7-13)11-21-19(24)18(23)15-10-20-16-9-5-4-8-14(15)16/h1-10,20H,11-12H2,(H,21,24). The van der Waals surface area contributed by atoms with Crippen LogP contribution in [0.1, 0.15) is 15.9 Å². The number of rotatable bonds is 6. The minimum atomic E-state index is -0.846. The van der Waals surface area contributed by atoms with Crippen LogP contribution in [-0.2, 0) is 20.9 Å². The van der Waals surface area contributed by atoms with Crippen LogP contribution in [0.15, 0.2) is 60.8 Å². The van der Waals surface area contributed by atoms with Crippen LogP contribution in [0.25, 0.3) is 10.9 Å². The third kappa shape index (κ3) is 3.92. The Bertz CT molecular complexity index is 915. The molecule has 6 heteroatoms. The molecule has 0 bridgehead atoms. The minimum absolute atomic E-state index is 0.117. The minimum Gasteiger partial charge on any atom is -0.460 e. The van der Waals surface area contributed by atoms with Gasteiger partial charge in [0.1, 0.15) is 13.2 Å². The van der Waals surface area contributed by atoms with Crippen LogP contribution in [-0.4, -0.2) is 29.2 Å². The van der Waals surface area contributed by atoms with E-state index in [-0.39, 0.29) is 18.7 Å². The van der Waals surface area contributed by atoms with Crippen molar-refractivity contribution in [2.45, 2.75) is 6.61 Å². The van der Waals surface area contributed by atoms with Gasteiger partial charge < -0.3 is 15.0 Å². The van der Waals surface area contributed by atoms with Crippen molar-refractivity contribution in [1.82, 2.24) is 10.3 Å². The zero-order chi connectivity index (χ0) is 17.6. The highest BCUT2D eigenvalue weighted by Crippen LogP contribution is 2.18. The van der Waals surface area contributed by atoms with Crippen molar-refractivity contribution in [1.29, 1.82) is 0 Å². The van der Waals surface area contributed by atoms with Crippen LogP contribution in [0.5, 0.6) is 0 Å². The van der Waals surface area contributed by atoms with E-state index in [1.807, 2.05) is 42.5 Å². The first-order valence-corrected chi connectivity index (χ1v) is 7.73. The van der Waals surface area contributed by atoms with E-state index in [9.17, 15) is 14.4 Å². The van der Waals surface area contributed by atoms with Gasteiger partial charge >= 0.3 is 5.97 Å². The summed E-state index contributed by atoms with van der Waals surface area (Å²) in [5.41, 5.74) is 1.88. The third-order valence-corrected chi connectivity index (χ3v) is 3.68. The lowest BCUT2D eigenvalue weighted by Gasteiger charge is -2.06. The van der Waals surface area contributed by atoms with Gasteiger partial charge in [0, 0.05) is 17.1 Å². The third-order valence-electron chi connectivity index (χ3n) is 3.68. The van der Waals surface area contributed by atoms with Gasteiger partial charge in [-0.3, -0.25) is 14.4 Å². The molecule has 2 aromatic carbocycles. The average Bonchev–Trinajstić information content (AvgIpc) is 3.08. The lowest BCUT2D eigenvalue weighted by atomic mass is 10.1. The molecule has 0 aliphatic carbocycles. The van der Waals surface area contributed by atoms with Gasteiger partial charge in [-0.1, -0.05) is 48.5 Å². The second-order valence-corrected chi connectivity index (χ2v) is 5.41. The number of carbonyl (C=O) groups is 3. The molecule has 3 aromatic rings. The summed E-state index contributed by atoms with van der Waals surface area (Å²) in [7, 11) is 0. The fraction of sp³-hybridized carbons (Fsp3) is 0.105. The number of hydrogen-bond acceptors (Lipinski definition) is 4. The Balaban J connectivity index is 1.53. The van der Waals surface area contributed by atoms with Crippen LogP contribution in [0, 0.1) is 0 Å². The molecule has 0 aliphatic rings. The van der Waals surface area contributed by atoms with E-state index in [1.165, 1.54) is 6.20 Å². The zero-order valence-electron chi connectivity index (χ0n) is 13.3. The summed E-state index contributed by atoms with van der Waals surface area (Å²) in [4.78, 5) is 38.8. The molecule has 0 spiro atoms. The Morgan fingerprint density at radius 3 is 2.48 bits per heavy atom. The summed E-state index contributed by atoms with van der Waals surface area (Å²) >= 11 is 0. The predicted molar refractivity (Wildman–Crippen MR) is 91.9 cm³/mol. The monoisotopic (exact) mass is 336 g/mol. The molecule has 1 amide bonds. The van der Waals surface area contributed by atoms with Crippen LogP contribution >= 0.6 is 0 Å². The number of fused-ring (bicyclic) bond motifs is 1. The normalized spacial score (nSPS) is 10.4. The van der Waals surface area contributed by atoms with E-state index in [0.717, 1.165) is 11.1 Å². The topological polar surface area (TPSA) is 88.3 Å². The number of hydrogen-bond donors (Lipinski definition) is 2. The molecule has 0 aliphatic heterocycles. The first-order chi connectivity index (χ1) is 12.1. The van der Waals surface area contributed by atoms with E-state index in [4.69, 9.17) is 4.74 Å². The molecule has 6 nitrogen and oxygen atoms in total. The summed E-state index contributed by atoms with van der Waals surface area (Å²) in [5, 5.41) is 2.96. The SMILES string of the molecule is O=C(CNC(=O)C(=O)c1c[nH]c2ccccc12)OCc1ccccc1. The lowest BCUT2D eigenvalue weighted by Crippen LogP contribution is -2.35. The van der Waals surface area contributed by atoms with Gasteiger partial charge in [-0.05, 0) is 11.6 Å². The fourth-order valence-corrected chi connectivity index (χ4v) is 2.40. The molecule has 1 heterocycles. The van der Waals surface area contributed by atoms with Crippen LogP contribution < -0.4 is 5.32 Å². The number of carbonyl (C=O) groups excluding carboxylic acids is 3. The maximum Gasteiger partial charge on any atom is 0.325 e. The van der Waals surface area contributed by atoms with E-state index in [2.05, 4.69) is 10.3 Å². The van der Waals surface area contributed by atoms with E-state index >= 15 is 0 Å². The molecule has 0 saturated carbocycles. The quantitative estimate of drug-likeness (QED) is 0.410. The Morgan fingerprint density at radius 1 is 0.960 bits per heavy atom. The number of Topliss-reactive ketones (excluding diaryl/α,β-unsaturated/α-hetero) is 1. The summed E-state index contributed by atoms with van der Waals surface area (Å²) in [5.74, 6) is -2.15. The Kier molecular flexibility index (Phi) is 4.89. The van der Waals surface area contributed by atoms with Gasteiger partial charge in [-0.15, -0.1) is 0 Å². The first kappa shape index (κ1) is 16.4. The molecule has 0 atom stereocenters. The van der Waals surface area contributed by atoms with Crippen molar-refractivity contribution in [3.63, 3.8) is 0 Å². The van der Waals surface area contributed by atoms with Crippen LogP contribution in [0.4, 0.5) is 0 Å². The summed E-state index contributed by atoms with van der Waals surface area (Å²) in [6.45, 7) is -0.244. The molecule has 3 rings (SSSR count). The molecule has 126 valence electrons. The molecule has 1 aromatic heterocycles. The average molecular weight is 336 g/mol. The van der Waals surface area contributed by atoms with Gasteiger partial charge in [0.25, 0.3) is 11.7 Å². The maximum atomic E-state index is 12.2. The number of para-hydroxylation sites is 1. The van der Waals surface area contributed by atoms with Crippen molar-refractivity contribution in [2.24, 2.45) is 0 Å². The van der Waals surface area contributed by atoms with Crippen molar-refractivity contribution < 1.29 is 19.1 Å². The molecule has 25 heavy (non-hydrogen) atoms. The highest BCUT2D eigenvalue weighted by Gasteiger charge is 2.20. The molecule has 0 saturated heterocycles. The molecule has 2 N–H and O–H groups in total. The van der Waals surface area contributed by atoms with Crippen molar-refractivity contribution in [3.05, 3.63) is 71.9 Å². The fourth-order valence-electron chi connectivity index (χ4n) is 2.40. The summed E-state index contributed by atoms with van der Waals surface area (Å²) < 4.78 is 5.05. The van der Waals surface area contributed by atoms with Crippen LogP contribution in [0.3, 0.4) is 0 Å². The number of ketones is 1. The van der Waals surface area contributed by atoms with Crippen molar-refractivity contribution in [3.8, 4) is 0 Å². The zero-order valence-corrected chi connectivity index (χ0v) is 13.3. The van der Waals surface area contributed by atoms with E-state index < -0.39 is 17.7 Å². The van der Waals surface area contributed by atoms with E-state index in [1.54, 1.807) is 12.1 Å². The summed E-state index contributed by atoms with van der Waals surface area (Å²) in [6, 6.07) is 16.4. The molecule has 0 fully saturated rings. The Morgan fingerprint density at radius 2 is 1.68 bits per heavy atom. The smallest absolute Gasteiger partial charge is 0.325 e. The molecular weight excluding hydrogens is 320 g/mol. The largest absolute Gasteiger partial charge is 0.460 e. The van der Waals surface area contributed by atoms with Crippen molar-refractivity contribution >= 4 is 28.6 Å². The number of amides is 1. The van der Waals surface area contributed by atoms with Gasteiger partial charge in [0.15, 0.2) is 0 Å².